The van der Waals surface area contributed by atoms with Crippen molar-refractivity contribution in [1.29, 1.82) is 0 Å². The van der Waals surface area contributed by atoms with Crippen LogP contribution >= 0.6 is 0 Å². The van der Waals surface area contributed by atoms with Gasteiger partial charge in [-0.3, -0.25) is 19.7 Å². The number of carbonyl (C=O) groups excluding carboxylic acids is 1. The molecule has 242 valence electrons. The normalized spacial score (nSPS) is 24.5. The number of hydrogen-bond acceptors (Lipinski definition) is 8. The Balaban J connectivity index is 1.13. The molecule has 46 heavy (non-hydrogen) atoms. The van der Waals surface area contributed by atoms with Gasteiger partial charge in [-0.25, -0.2) is 13.6 Å². The molecule has 3 aliphatic rings. The van der Waals surface area contributed by atoms with E-state index in [2.05, 4.69) is 25.6 Å². The fourth-order valence-electron chi connectivity index (χ4n) is 7.22. The summed E-state index contributed by atoms with van der Waals surface area (Å²) in [7, 11) is 0. The Labute approximate surface area is 264 Å². The second-order valence-corrected chi connectivity index (χ2v) is 12.5. The summed E-state index contributed by atoms with van der Waals surface area (Å²) in [5.41, 5.74) is 0.916. The first-order valence-corrected chi connectivity index (χ1v) is 16.2. The molecule has 1 unspecified atom stereocenters. The van der Waals surface area contributed by atoms with Gasteiger partial charge in [-0.2, -0.15) is 4.98 Å². The monoisotopic (exact) mass is 632 g/mol. The van der Waals surface area contributed by atoms with Crippen LogP contribution < -0.4 is 20.9 Å². The van der Waals surface area contributed by atoms with Crippen molar-refractivity contribution in [2.75, 3.05) is 32.8 Å². The summed E-state index contributed by atoms with van der Waals surface area (Å²) >= 11 is 0. The molecule has 5 heterocycles. The number of aromatic amines is 1. The Morgan fingerprint density at radius 1 is 1.15 bits per heavy atom. The molecule has 4 aromatic rings. The number of piperidine rings is 3. The number of halogens is 2. The molecule has 2 aromatic carbocycles. The van der Waals surface area contributed by atoms with Gasteiger partial charge in [0.2, 0.25) is 0 Å². The molecule has 3 aliphatic heterocycles. The van der Waals surface area contributed by atoms with E-state index in [1.165, 1.54) is 6.20 Å². The van der Waals surface area contributed by atoms with Gasteiger partial charge in [-0.15, -0.1) is 0 Å². The van der Waals surface area contributed by atoms with E-state index in [4.69, 9.17) is 9.47 Å². The number of fused-ring (bicyclic) bond motifs is 4. The number of alkyl halides is 1. The van der Waals surface area contributed by atoms with Crippen LogP contribution in [0.5, 0.6) is 6.01 Å². The van der Waals surface area contributed by atoms with Crippen molar-refractivity contribution in [2.45, 2.75) is 63.4 Å². The van der Waals surface area contributed by atoms with Crippen molar-refractivity contribution in [1.82, 2.24) is 30.5 Å². The summed E-state index contributed by atoms with van der Waals surface area (Å²) in [6.45, 7) is 2.91. The van der Waals surface area contributed by atoms with Gasteiger partial charge in [0.05, 0.1) is 12.0 Å². The number of benzene rings is 2. The lowest BCUT2D eigenvalue weighted by Gasteiger charge is -2.45. The fourth-order valence-corrected chi connectivity index (χ4v) is 7.22. The molecule has 0 aliphatic carbocycles. The van der Waals surface area contributed by atoms with Crippen molar-refractivity contribution >= 4 is 27.8 Å². The lowest BCUT2D eigenvalue weighted by atomic mass is 9.86. The number of carbonyl (C=O) groups is 1. The highest BCUT2D eigenvalue weighted by molar-refractivity contribution is 5.99. The maximum absolute atomic E-state index is 16.4. The van der Waals surface area contributed by atoms with Gasteiger partial charge in [-0.1, -0.05) is 36.4 Å². The van der Waals surface area contributed by atoms with Crippen molar-refractivity contribution in [3.8, 4) is 17.3 Å². The van der Waals surface area contributed by atoms with Crippen LogP contribution in [0.3, 0.4) is 0 Å². The van der Waals surface area contributed by atoms with Crippen LogP contribution in [0.25, 0.3) is 32.9 Å². The van der Waals surface area contributed by atoms with Gasteiger partial charge in [-0.05, 0) is 67.8 Å². The average Bonchev–Trinajstić information content (AvgIpc) is 3.04. The number of nitrogens with one attached hydrogen (secondary N) is 3. The van der Waals surface area contributed by atoms with Crippen molar-refractivity contribution in [3.05, 3.63) is 64.3 Å². The van der Waals surface area contributed by atoms with Gasteiger partial charge in [0.1, 0.15) is 17.4 Å². The van der Waals surface area contributed by atoms with Gasteiger partial charge in [0.15, 0.2) is 12.0 Å². The van der Waals surface area contributed by atoms with E-state index in [9.17, 15) is 14.0 Å². The number of aromatic nitrogens is 3. The summed E-state index contributed by atoms with van der Waals surface area (Å²) in [6.07, 6.45) is 4.87. The van der Waals surface area contributed by atoms with Crippen molar-refractivity contribution < 1.29 is 23.0 Å². The first-order valence-electron chi connectivity index (χ1n) is 16.2. The van der Waals surface area contributed by atoms with Crippen LogP contribution in [-0.2, 0) is 11.2 Å². The van der Waals surface area contributed by atoms with Crippen LogP contribution in [0.2, 0.25) is 0 Å². The molecule has 0 radical (unpaired) electrons. The second-order valence-electron chi connectivity index (χ2n) is 12.5. The molecule has 7 rings (SSSR count). The van der Waals surface area contributed by atoms with E-state index in [1.807, 2.05) is 35.2 Å². The molecule has 12 heteroatoms. The highest BCUT2D eigenvalue weighted by Gasteiger charge is 2.40. The van der Waals surface area contributed by atoms with Crippen LogP contribution in [0.15, 0.2) is 47.4 Å². The average molecular weight is 633 g/mol. The molecule has 5 atom stereocenters. The molecule has 1 amide bonds. The smallest absolute Gasteiger partial charge is 0.407 e. The zero-order chi connectivity index (χ0) is 31.6. The maximum Gasteiger partial charge on any atom is 0.407 e. The molecular weight excluding hydrogens is 594 g/mol. The Morgan fingerprint density at radius 2 is 2.02 bits per heavy atom. The van der Waals surface area contributed by atoms with Crippen LogP contribution in [-0.4, -0.2) is 77.2 Å². The zero-order valence-corrected chi connectivity index (χ0v) is 25.6. The summed E-state index contributed by atoms with van der Waals surface area (Å²) < 4.78 is 42.2. The summed E-state index contributed by atoms with van der Waals surface area (Å²) in [5.74, 6) is -0.750. The number of aryl methyl sites for hydroxylation is 1. The molecule has 3 N–H and O–H groups in total. The SMILES string of the molecule is O=C(N[C@@H]1CCCNC1)OCCCc1cccc2cccc(-c3ncc4c(=O)[nH]c(O[C@H]5[C@@H]6CCCN5C[C@H](F)C6)nc4c3F)c12. The minimum absolute atomic E-state index is 0.0152. The number of hydrogen-bond donors (Lipinski definition) is 3. The predicted molar refractivity (Wildman–Crippen MR) is 170 cm³/mol. The molecular formula is C34H38F2N6O4. The number of alkyl carbamates (subject to hydrolysis) is 1. The highest BCUT2D eigenvalue weighted by Crippen LogP contribution is 2.36. The predicted octanol–water partition coefficient (Wildman–Crippen LogP) is 4.85. The standard InChI is InChI=1S/C34H38F2N6O4/c35-23-16-22-9-4-14-42(19-23)32(22)46-33-40-30-26(31(43)41-33)18-38-29(28(30)36)25-12-2-8-20-6-1-7-21(27(20)25)10-5-15-45-34(44)39-24-11-3-13-37-17-24/h1-2,6-8,12,18,22-24,32,37H,3-5,9-11,13-17,19H2,(H,39,44)(H,40,41,43)/t22-,23-,24-,32+/m1/s1. The van der Waals surface area contributed by atoms with Gasteiger partial charge < -0.3 is 20.1 Å². The zero-order valence-electron chi connectivity index (χ0n) is 25.6. The van der Waals surface area contributed by atoms with Crippen LogP contribution in [0, 0.1) is 11.7 Å². The molecule has 10 nitrogen and oxygen atoms in total. The summed E-state index contributed by atoms with van der Waals surface area (Å²) in [5, 5.41) is 7.93. The Morgan fingerprint density at radius 3 is 2.85 bits per heavy atom. The topological polar surface area (TPSA) is 121 Å². The van der Waals surface area contributed by atoms with Gasteiger partial charge in [0.25, 0.3) is 11.6 Å². The molecule has 3 fully saturated rings. The van der Waals surface area contributed by atoms with Gasteiger partial charge >= 0.3 is 6.09 Å². The third kappa shape index (κ3) is 6.28. The maximum atomic E-state index is 16.4. The molecule has 0 spiro atoms. The largest absolute Gasteiger partial charge is 0.450 e. The summed E-state index contributed by atoms with van der Waals surface area (Å²) in [4.78, 5) is 38.7. The quantitative estimate of drug-likeness (QED) is 0.236. The number of nitrogens with zero attached hydrogens (tertiary/aromatic N) is 3. The molecule has 3 saturated heterocycles. The van der Waals surface area contributed by atoms with Crippen LogP contribution in [0.4, 0.5) is 13.6 Å². The Kier molecular flexibility index (Phi) is 8.81. The van der Waals surface area contributed by atoms with E-state index < -0.39 is 29.9 Å². The highest BCUT2D eigenvalue weighted by atomic mass is 19.1. The van der Waals surface area contributed by atoms with E-state index in [0.29, 0.717) is 31.4 Å². The van der Waals surface area contributed by atoms with E-state index in [0.717, 1.165) is 55.1 Å². The lowest BCUT2D eigenvalue weighted by molar-refractivity contribution is -0.0990. The second kappa shape index (κ2) is 13.3. The van der Waals surface area contributed by atoms with Crippen molar-refractivity contribution in [3.63, 3.8) is 0 Å². The minimum atomic E-state index is -0.915. The Bertz CT molecular complexity index is 1780. The number of H-pyrrole nitrogens is 1. The summed E-state index contributed by atoms with van der Waals surface area (Å²) in [6, 6.07) is 11.5. The van der Waals surface area contributed by atoms with Gasteiger partial charge in [0, 0.05) is 43.4 Å². The lowest BCUT2D eigenvalue weighted by Crippen LogP contribution is -2.55. The fraction of sp³-hybridized carbons (Fsp3) is 0.471. The number of pyridine rings is 1. The van der Waals surface area contributed by atoms with E-state index in [-0.39, 0.29) is 47.7 Å². The third-order valence-corrected chi connectivity index (χ3v) is 9.37. The number of amides is 1. The van der Waals surface area contributed by atoms with E-state index in [1.54, 1.807) is 6.07 Å². The number of rotatable bonds is 8. The first kappa shape index (κ1) is 30.5. The van der Waals surface area contributed by atoms with Crippen molar-refractivity contribution in [2.24, 2.45) is 5.92 Å². The minimum Gasteiger partial charge on any atom is -0.450 e. The first-order chi connectivity index (χ1) is 22.4. The Hall–Kier alpha value is -4.16. The molecule has 2 bridgehead atoms. The molecule has 0 saturated carbocycles. The molecule has 2 aromatic heterocycles. The van der Waals surface area contributed by atoms with E-state index >= 15 is 4.39 Å². The third-order valence-electron chi connectivity index (χ3n) is 9.37. The number of ether oxygens (including phenoxy) is 2. The van der Waals surface area contributed by atoms with Crippen LogP contribution in [0.1, 0.15) is 44.1 Å².